The maximum atomic E-state index is 14.2. The first kappa shape index (κ1) is 20.6. The number of likely N-dealkylation sites (tertiary alicyclic amines) is 1. The minimum absolute atomic E-state index is 0.119. The number of halogens is 1. The van der Waals surface area contributed by atoms with E-state index in [1.165, 1.54) is 23.1 Å². The fourth-order valence-electron chi connectivity index (χ4n) is 5.50. The van der Waals surface area contributed by atoms with Gasteiger partial charge in [-0.25, -0.2) is 4.39 Å². The Morgan fingerprint density at radius 2 is 1.75 bits per heavy atom. The van der Waals surface area contributed by atoms with E-state index in [0.29, 0.717) is 17.7 Å². The van der Waals surface area contributed by atoms with Gasteiger partial charge in [0, 0.05) is 22.8 Å². The highest BCUT2D eigenvalue weighted by atomic mass is 19.1. The molecule has 0 unspecified atom stereocenters. The Morgan fingerprint density at radius 1 is 1.06 bits per heavy atom. The molecule has 3 aliphatic rings. The molecule has 1 spiro atoms. The minimum Gasteiger partial charge on any atom is -0.508 e. The van der Waals surface area contributed by atoms with Crippen molar-refractivity contribution >= 4 is 23.4 Å². The normalized spacial score (nSPS) is 28.9. The van der Waals surface area contributed by atoms with Crippen LogP contribution >= 0.6 is 0 Å². The lowest BCUT2D eigenvalue weighted by atomic mass is 9.76. The Labute approximate surface area is 184 Å². The number of imide groups is 1. The van der Waals surface area contributed by atoms with E-state index in [1.807, 2.05) is 0 Å². The molecule has 2 aromatic carbocycles. The van der Waals surface area contributed by atoms with Crippen LogP contribution in [0.2, 0.25) is 0 Å². The molecular formula is C24H24FN3O4. The van der Waals surface area contributed by atoms with Crippen molar-refractivity contribution in [2.24, 2.45) is 11.8 Å². The molecule has 3 aliphatic heterocycles. The van der Waals surface area contributed by atoms with Crippen LogP contribution in [0.15, 0.2) is 42.5 Å². The average molecular weight is 437 g/mol. The first-order valence-electron chi connectivity index (χ1n) is 10.6. The SMILES string of the molecule is CC(C)(C)N1C(=O)[C@@H]2[C@H](Cc3ccc(O)cc3)N[C@@]3(C(=O)Nc4ccc(F)cc43)[C@@H]2C1=O. The van der Waals surface area contributed by atoms with E-state index >= 15 is 0 Å². The topological polar surface area (TPSA) is 98.7 Å². The number of amides is 3. The van der Waals surface area contributed by atoms with E-state index in [1.54, 1.807) is 45.0 Å². The van der Waals surface area contributed by atoms with E-state index in [0.717, 1.165) is 5.56 Å². The summed E-state index contributed by atoms with van der Waals surface area (Å²) in [7, 11) is 0. The quantitative estimate of drug-likeness (QED) is 0.627. The summed E-state index contributed by atoms with van der Waals surface area (Å²) in [4.78, 5) is 41.8. The number of nitrogens with one attached hydrogen (secondary N) is 2. The standard InChI is InChI=1S/C24H24FN3O4/c1-23(2,3)28-20(30)18-17(10-12-4-7-14(29)8-5-12)27-24(19(18)21(28)31)15-11-13(25)6-9-16(15)26-22(24)32/h4-9,11,17-19,27,29H,10H2,1-3H3,(H,26,32)/t17-,18+,19-,24+/m0/s1. The molecule has 5 rings (SSSR count). The number of hydrogen-bond donors (Lipinski definition) is 3. The molecule has 7 nitrogen and oxygen atoms in total. The smallest absolute Gasteiger partial charge is 0.250 e. The van der Waals surface area contributed by atoms with E-state index in [9.17, 15) is 23.9 Å². The number of carbonyl (C=O) groups is 3. The summed E-state index contributed by atoms with van der Waals surface area (Å²) in [5.74, 6) is -3.40. The predicted octanol–water partition coefficient (Wildman–Crippen LogP) is 2.29. The van der Waals surface area contributed by atoms with Crippen molar-refractivity contribution in [3.8, 4) is 5.75 Å². The number of hydrogen-bond acceptors (Lipinski definition) is 5. The number of phenolic OH excluding ortho intramolecular Hbond substituents is 1. The van der Waals surface area contributed by atoms with Gasteiger partial charge >= 0.3 is 0 Å². The summed E-state index contributed by atoms with van der Waals surface area (Å²) in [6, 6.07) is 10.0. The number of rotatable bonds is 2. The molecule has 0 radical (unpaired) electrons. The monoisotopic (exact) mass is 437 g/mol. The molecule has 2 aromatic rings. The molecule has 166 valence electrons. The number of nitrogens with zero attached hydrogens (tertiary/aromatic N) is 1. The molecule has 32 heavy (non-hydrogen) atoms. The van der Waals surface area contributed by atoms with Crippen molar-refractivity contribution in [1.82, 2.24) is 10.2 Å². The van der Waals surface area contributed by atoms with Crippen LogP contribution in [0.3, 0.4) is 0 Å². The number of aromatic hydroxyl groups is 1. The van der Waals surface area contributed by atoms with Crippen molar-refractivity contribution in [1.29, 1.82) is 0 Å². The maximum absolute atomic E-state index is 14.2. The van der Waals surface area contributed by atoms with Crippen LogP contribution in [-0.4, -0.2) is 39.3 Å². The van der Waals surface area contributed by atoms with Gasteiger partial charge in [-0.1, -0.05) is 12.1 Å². The molecule has 8 heteroatoms. The summed E-state index contributed by atoms with van der Waals surface area (Å²) in [5, 5.41) is 15.7. The van der Waals surface area contributed by atoms with Crippen LogP contribution < -0.4 is 10.6 Å². The molecule has 0 aliphatic carbocycles. The van der Waals surface area contributed by atoms with Gasteiger partial charge < -0.3 is 10.4 Å². The molecule has 3 N–H and O–H groups in total. The van der Waals surface area contributed by atoms with Gasteiger partial charge in [0.05, 0.1) is 11.8 Å². The molecule has 2 fully saturated rings. The number of anilines is 1. The Balaban J connectivity index is 1.66. The third kappa shape index (κ3) is 2.72. The maximum Gasteiger partial charge on any atom is 0.250 e. The first-order chi connectivity index (χ1) is 15.0. The average Bonchev–Trinajstić information content (AvgIpc) is 3.28. The number of benzene rings is 2. The van der Waals surface area contributed by atoms with Crippen LogP contribution in [0.1, 0.15) is 31.9 Å². The molecule has 2 saturated heterocycles. The fraction of sp³-hybridized carbons (Fsp3) is 0.375. The summed E-state index contributed by atoms with van der Waals surface area (Å²) >= 11 is 0. The third-order valence-electron chi connectivity index (χ3n) is 6.74. The fourth-order valence-corrected chi connectivity index (χ4v) is 5.50. The third-order valence-corrected chi connectivity index (χ3v) is 6.74. The minimum atomic E-state index is -1.53. The van der Waals surface area contributed by atoms with Gasteiger partial charge in [-0.2, -0.15) is 0 Å². The lowest BCUT2D eigenvalue weighted by Gasteiger charge is -2.34. The highest BCUT2D eigenvalue weighted by Crippen LogP contribution is 2.54. The van der Waals surface area contributed by atoms with Crippen molar-refractivity contribution in [2.75, 3.05) is 5.32 Å². The van der Waals surface area contributed by atoms with Crippen LogP contribution in [0.5, 0.6) is 5.75 Å². The molecule has 0 saturated carbocycles. The van der Waals surface area contributed by atoms with E-state index < -0.39 is 46.6 Å². The lowest BCUT2D eigenvalue weighted by Crippen LogP contribution is -2.56. The summed E-state index contributed by atoms with van der Waals surface area (Å²) in [6.45, 7) is 5.34. The van der Waals surface area contributed by atoms with E-state index in [4.69, 9.17) is 0 Å². The van der Waals surface area contributed by atoms with Gasteiger partial charge in [-0.3, -0.25) is 24.6 Å². The number of carbonyl (C=O) groups excluding carboxylic acids is 3. The number of fused-ring (bicyclic) bond motifs is 4. The van der Waals surface area contributed by atoms with Crippen molar-refractivity contribution in [3.63, 3.8) is 0 Å². The molecule has 4 atom stereocenters. The predicted molar refractivity (Wildman–Crippen MR) is 114 cm³/mol. The summed E-state index contributed by atoms with van der Waals surface area (Å²) < 4.78 is 14.2. The van der Waals surface area contributed by atoms with E-state index in [-0.39, 0.29) is 11.7 Å². The van der Waals surface area contributed by atoms with Gasteiger partial charge in [0.2, 0.25) is 17.7 Å². The second-order valence-corrected chi connectivity index (χ2v) is 9.76. The van der Waals surface area contributed by atoms with Gasteiger partial charge in [0.15, 0.2) is 0 Å². The molecule has 3 amide bonds. The molecule has 0 bridgehead atoms. The van der Waals surface area contributed by atoms with Crippen molar-refractivity contribution in [3.05, 3.63) is 59.4 Å². The summed E-state index contributed by atoms with van der Waals surface area (Å²) in [6.07, 6.45) is 0.359. The van der Waals surface area contributed by atoms with Crippen LogP contribution in [0.4, 0.5) is 10.1 Å². The largest absolute Gasteiger partial charge is 0.508 e. The lowest BCUT2D eigenvalue weighted by molar-refractivity contribution is -0.147. The first-order valence-corrected chi connectivity index (χ1v) is 10.6. The molecule has 3 heterocycles. The number of phenols is 1. The summed E-state index contributed by atoms with van der Waals surface area (Å²) in [5.41, 5.74) is -0.674. The molecule has 0 aromatic heterocycles. The Kier molecular flexibility index (Phi) is 4.27. The molecular weight excluding hydrogens is 413 g/mol. The second kappa shape index (κ2) is 6.62. The van der Waals surface area contributed by atoms with E-state index in [2.05, 4.69) is 10.6 Å². The highest BCUT2D eigenvalue weighted by Gasteiger charge is 2.71. The van der Waals surface area contributed by atoms with Gasteiger partial charge in [-0.05, 0) is 63.1 Å². The van der Waals surface area contributed by atoms with Crippen LogP contribution in [-0.2, 0) is 26.3 Å². The van der Waals surface area contributed by atoms with Gasteiger partial charge in [-0.15, -0.1) is 0 Å². The second-order valence-electron chi connectivity index (χ2n) is 9.76. The van der Waals surface area contributed by atoms with Crippen LogP contribution in [0, 0.1) is 17.7 Å². The Morgan fingerprint density at radius 3 is 2.41 bits per heavy atom. The van der Waals surface area contributed by atoms with Crippen LogP contribution in [0.25, 0.3) is 0 Å². The Bertz CT molecular complexity index is 1160. The van der Waals surface area contributed by atoms with Gasteiger partial charge in [0.25, 0.3) is 0 Å². The Hall–Kier alpha value is -3.26. The van der Waals surface area contributed by atoms with Gasteiger partial charge in [0.1, 0.15) is 17.1 Å². The van der Waals surface area contributed by atoms with Crippen molar-refractivity contribution < 1.29 is 23.9 Å². The van der Waals surface area contributed by atoms with Crippen molar-refractivity contribution in [2.45, 2.75) is 44.3 Å². The highest BCUT2D eigenvalue weighted by molar-refractivity contribution is 6.15. The zero-order valence-electron chi connectivity index (χ0n) is 18.0. The zero-order chi connectivity index (χ0) is 23.0. The zero-order valence-corrected chi connectivity index (χ0v) is 18.0.